The van der Waals surface area contributed by atoms with Gasteiger partial charge in [0.1, 0.15) is 0 Å². The van der Waals surface area contributed by atoms with Gasteiger partial charge in [0.25, 0.3) is 5.89 Å². The van der Waals surface area contributed by atoms with E-state index >= 15 is 0 Å². The summed E-state index contributed by atoms with van der Waals surface area (Å²) < 4.78 is 29.1. The molecular formula is C9H7F2N3O2. The van der Waals surface area contributed by atoms with Gasteiger partial charge in [0.05, 0.1) is 0 Å². The van der Waals surface area contributed by atoms with E-state index in [1.165, 1.54) is 6.07 Å². The first-order valence-corrected chi connectivity index (χ1v) is 4.39. The Hall–Kier alpha value is -2.05. The van der Waals surface area contributed by atoms with Gasteiger partial charge in [0, 0.05) is 17.3 Å². The number of nitrogens with one attached hydrogen (secondary N) is 1. The van der Waals surface area contributed by atoms with E-state index in [4.69, 9.17) is 4.42 Å². The summed E-state index contributed by atoms with van der Waals surface area (Å²) in [6.45, 7) is 1.66. The summed E-state index contributed by atoms with van der Waals surface area (Å²) in [6, 6.07) is 2.76. The third kappa shape index (κ3) is 1.97. The molecule has 0 atom stereocenters. The van der Waals surface area contributed by atoms with Crippen molar-refractivity contribution in [1.29, 1.82) is 0 Å². The van der Waals surface area contributed by atoms with E-state index in [2.05, 4.69) is 15.2 Å². The number of nitrogens with zero attached hydrogens (tertiary/aromatic N) is 2. The van der Waals surface area contributed by atoms with Crippen LogP contribution in [0.4, 0.5) is 8.78 Å². The van der Waals surface area contributed by atoms with Crippen LogP contribution >= 0.6 is 0 Å². The van der Waals surface area contributed by atoms with Crippen molar-refractivity contribution in [1.82, 2.24) is 15.2 Å². The van der Waals surface area contributed by atoms with E-state index in [0.717, 1.165) is 0 Å². The predicted octanol–water partition coefficient (Wildman–Crippen LogP) is 1.67. The molecule has 1 N–H and O–H groups in total. The minimum absolute atomic E-state index is 0.0931. The average molecular weight is 227 g/mol. The number of H-pyrrole nitrogens is 1. The second kappa shape index (κ2) is 3.84. The molecule has 0 aliphatic heterocycles. The molecule has 0 radical (unpaired) electrons. The summed E-state index contributed by atoms with van der Waals surface area (Å²) in [5.74, 6) is -0.850. The third-order valence-corrected chi connectivity index (χ3v) is 1.85. The highest BCUT2D eigenvalue weighted by Gasteiger charge is 2.17. The van der Waals surface area contributed by atoms with Crippen molar-refractivity contribution < 1.29 is 13.2 Å². The van der Waals surface area contributed by atoms with Gasteiger partial charge >= 0.3 is 6.43 Å². The highest BCUT2D eigenvalue weighted by atomic mass is 19.3. The Balaban J connectivity index is 2.46. The Bertz CT molecular complexity index is 562. The molecule has 0 spiro atoms. The molecule has 2 aromatic rings. The molecular weight excluding hydrogens is 220 g/mol. The molecule has 0 unspecified atom stereocenters. The molecule has 16 heavy (non-hydrogen) atoms. The van der Waals surface area contributed by atoms with Crippen LogP contribution in [0.3, 0.4) is 0 Å². The van der Waals surface area contributed by atoms with Crippen molar-refractivity contribution in [3.8, 4) is 11.5 Å². The molecule has 2 aromatic heterocycles. The smallest absolute Gasteiger partial charge is 0.314 e. The SMILES string of the molecule is Cc1cc(-c2nnc(C(F)F)o2)cc(=O)[nH]1. The van der Waals surface area contributed by atoms with Gasteiger partial charge in [0.2, 0.25) is 11.4 Å². The van der Waals surface area contributed by atoms with Gasteiger partial charge in [-0.3, -0.25) is 4.79 Å². The molecule has 0 amide bonds. The highest BCUT2D eigenvalue weighted by molar-refractivity contribution is 5.52. The molecule has 2 rings (SSSR count). The van der Waals surface area contributed by atoms with E-state index < -0.39 is 12.3 Å². The lowest BCUT2D eigenvalue weighted by atomic mass is 10.2. The normalized spacial score (nSPS) is 11.0. The summed E-state index contributed by atoms with van der Waals surface area (Å²) in [6.07, 6.45) is -2.82. The second-order valence-electron chi connectivity index (χ2n) is 3.16. The summed E-state index contributed by atoms with van der Waals surface area (Å²) in [7, 11) is 0. The van der Waals surface area contributed by atoms with Crippen LogP contribution in [0.5, 0.6) is 0 Å². The molecule has 2 heterocycles. The summed E-state index contributed by atoms with van der Waals surface area (Å²) in [4.78, 5) is 13.6. The van der Waals surface area contributed by atoms with Crippen LogP contribution in [0.25, 0.3) is 11.5 Å². The van der Waals surface area contributed by atoms with Crippen molar-refractivity contribution in [3.63, 3.8) is 0 Å². The Morgan fingerprint density at radius 2 is 2.12 bits per heavy atom. The first kappa shape index (κ1) is 10.5. The van der Waals surface area contributed by atoms with Crippen LogP contribution in [0.2, 0.25) is 0 Å². The standard InChI is InChI=1S/C9H7F2N3O2/c1-4-2-5(3-6(15)12-4)8-13-14-9(16-8)7(10)11/h2-3,7H,1H3,(H,12,15). The van der Waals surface area contributed by atoms with E-state index in [1.807, 2.05) is 0 Å². The number of aromatic nitrogens is 3. The van der Waals surface area contributed by atoms with Crippen LogP contribution in [0, 0.1) is 6.92 Å². The number of alkyl halides is 2. The molecule has 0 saturated carbocycles. The average Bonchev–Trinajstić information content (AvgIpc) is 2.64. The molecule has 7 heteroatoms. The molecule has 0 bridgehead atoms. The Morgan fingerprint density at radius 1 is 1.38 bits per heavy atom. The van der Waals surface area contributed by atoms with Gasteiger partial charge in [-0.2, -0.15) is 8.78 Å². The lowest BCUT2D eigenvalue weighted by Gasteiger charge is -1.95. The topological polar surface area (TPSA) is 71.8 Å². The van der Waals surface area contributed by atoms with Crippen LogP contribution in [0.1, 0.15) is 18.0 Å². The zero-order valence-electron chi connectivity index (χ0n) is 8.20. The third-order valence-electron chi connectivity index (χ3n) is 1.85. The number of hydrogen-bond donors (Lipinski definition) is 1. The van der Waals surface area contributed by atoms with Crippen LogP contribution in [-0.4, -0.2) is 15.2 Å². The van der Waals surface area contributed by atoms with Crippen molar-refractivity contribution in [3.05, 3.63) is 34.1 Å². The molecule has 0 aliphatic carbocycles. The fraction of sp³-hybridized carbons (Fsp3) is 0.222. The van der Waals surface area contributed by atoms with Gasteiger partial charge < -0.3 is 9.40 Å². The minimum Gasteiger partial charge on any atom is -0.415 e. The van der Waals surface area contributed by atoms with Gasteiger partial charge in [-0.15, -0.1) is 10.2 Å². The highest BCUT2D eigenvalue weighted by Crippen LogP contribution is 2.22. The molecule has 0 fully saturated rings. The molecule has 84 valence electrons. The van der Waals surface area contributed by atoms with Crippen molar-refractivity contribution in [2.45, 2.75) is 13.3 Å². The van der Waals surface area contributed by atoms with Crippen molar-refractivity contribution >= 4 is 0 Å². The number of rotatable bonds is 2. The van der Waals surface area contributed by atoms with Gasteiger partial charge in [0.15, 0.2) is 0 Å². The maximum atomic E-state index is 12.2. The molecule has 0 aromatic carbocycles. The summed E-state index contributed by atoms with van der Waals surface area (Å²) in [5, 5.41) is 6.61. The van der Waals surface area contributed by atoms with E-state index in [9.17, 15) is 13.6 Å². The van der Waals surface area contributed by atoms with Crippen LogP contribution < -0.4 is 5.56 Å². The van der Waals surface area contributed by atoms with Crippen molar-refractivity contribution in [2.24, 2.45) is 0 Å². The summed E-state index contributed by atoms with van der Waals surface area (Å²) >= 11 is 0. The maximum Gasteiger partial charge on any atom is 0.314 e. The van der Waals surface area contributed by atoms with Crippen molar-refractivity contribution in [2.75, 3.05) is 0 Å². The largest absolute Gasteiger partial charge is 0.415 e. The lowest BCUT2D eigenvalue weighted by Crippen LogP contribution is -2.05. The fourth-order valence-corrected chi connectivity index (χ4v) is 1.25. The molecule has 0 aliphatic rings. The fourth-order valence-electron chi connectivity index (χ4n) is 1.25. The summed E-state index contributed by atoms with van der Waals surface area (Å²) in [5.41, 5.74) is 0.548. The quantitative estimate of drug-likeness (QED) is 0.846. The lowest BCUT2D eigenvalue weighted by molar-refractivity contribution is 0.116. The first-order chi connectivity index (χ1) is 7.56. The number of aryl methyl sites for hydroxylation is 1. The van der Waals surface area contributed by atoms with Gasteiger partial charge in [-0.05, 0) is 13.0 Å². The zero-order valence-corrected chi connectivity index (χ0v) is 8.20. The van der Waals surface area contributed by atoms with E-state index in [-0.39, 0.29) is 11.4 Å². The Labute approximate surface area is 88.1 Å². The van der Waals surface area contributed by atoms with Gasteiger partial charge in [-0.1, -0.05) is 0 Å². The van der Waals surface area contributed by atoms with E-state index in [0.29, 0.717) is 11.3 Å². The van der Waals surface area contributed by atoms with Crippen LogP contribution in [-0.2, 0) is 0 Å². The monoisotopic (exact) mass is 227 g/mol. The minimum atomic E-state index is -2.82. The number of pyridine rings is 1. The number of hydrogen-bond acceptors (Lipinski definition) is 4. The van der Waals surface area contributed by atoms with Gasteiger partial charge in [-0.25, -0.2) is 0 Å². The van der Waals surface area contributed by atoms with Crippen LogP contribution in [0.15, 0.2) is 21.3 Å². The number of halogens is 2. The Morgan fingerprint density at radius 3 is 2.69 bits per heavy atom. The maximum absolute atomic E-state index is 12.2. The predicted molar refractivity (Wildman–Crippen MR) is 50.0 cm³/mol. The molecule has 5 nitrogen and oxygen atoms in total. The first-order valence-electron chi connectivity index (χ1n) is 4.39. The molecule has 0 saturated heterocycles. The second-order valence-corrected chi connectivity index (χ2v) is 3.16. The number of aromatic amines is 1. The van der Waals surface area contributed by atoms with E-state index in [1.54, 1.807) is 13.0 Å². The Kier molecular flexibility index (Phi) is 2.51. The zero-order chi connectivity index (χ0) is 11.7.